The fourth-order valence-electron chi connectivity index (χ4n) is 3.74. The third kappa shape index (κ3) is 3.35. The number of nitrogens with zero attached hydrogens (tertiary/aromatic N) is 2. The van der Waals surface area contributed by atoms with Gasteiger partial charge in [0.25, 0.3) is 5.91 Å². The number of thiophene rings is 1. The minimum absolute atomic E-state index is 0.0134. The molecule has 0 bridgehead atoms. The number of aryl methyl sites for hydroxylation is 1. The van der Waals surface area contributed by atoms with Crippen LogP contribution < -0.4 is 4.90 Å². The van der Waals surface area contributed by atoms with Gasteiger partial charge in [0.05, 0.1) is 18.4 Å². The second kappa shape index (κ2) is 7.98. The number of aliphatic hydroxyl groups is 1. The van der Waals surface area contributed by atoms with Crippen molar-refractivity contribution in [2.75, 3.05) is 12.0 Å². The number of anilines is 1. The predicted molar refractivity (Wildman–Crippen MR) is 123 cm³/mol. The molecule has 0 aliphatic carbocycles. The summed E-state index contributed by atoms with van der Waals surface area (Å²) in [5, 5.41) is 13.5. The molecule has 1 atom stereocenters. The van der Waals surface area contributed by atoms with Crippen LogP contribution in [0.15, 0.2) is 63.6 Å². The SMILES string of the molecule is COC(=O)c1sc(N2C(=O)C(O)=C(C(=O)c3cc4ccccc4o3)C2c2cccs2)nc1C. The van der Waals surface area contributed by atoms with Crippen molar-refractivity contribution in [3.05, 3.63) is 80.4 Å². The summed E-state index contributed by atoms with van der Waals surface area (Å²) in [7, 11) is 1.26. The van der Waals surface area contributed by atoms with Crippen molar-refractivity contribution in [1.29, 1.82) is 0 Å². The van der Waals surface area contributed by atoms with Crippen LogP contribution in [-0.4, -0.2) is 34.9 Å². The Hall–Kier alpha value is -3.76. The first-order chi connectivity index (χ1) is 15.9. The molecule has 0 radical (unpaired) electrons. The van der Waals surface area contributed by atoms with E-state index in [4.69, 9.17) is 9.15 Å². The molecule has 1 amide bonds. The van der Waals surface area contributed by atoms with E-state index in [1.54, 1.807) is 43.3 Å². The molecule has 3 aromatic heterocycles. The average Bonchev–Trinajstić information content (AvgIpc) is 3.59. The first-order valence-electron chi connectivity index (χ1n) is 9.79. The Kier molecular flexibility index (Phi) is 5.10. The Morgan fingerprint density at radius 1 is 1.21 bits per heavy atom. The minimum Gasteiger partial charge on any atom is -0.503 e. The van der Waals surface area contributed by atoms with Crippen molar-refractivity contribution in [3.8, 4) is 0 Å². The first-order valence-corrected chi connectivity index (χ1v) is 11.5. The van der Waals surface area contributed by atoms with Crippen LogP contribution in [0.5, 0.6) is 0 Å². The van der Waals surface area contributed by atoms with Crippen LogP contribution in [0.2, 0.25) is 0 Å². The molecule has 0 saturated heterocycles. The number of carbonyl (C=O) groups is 3. The second-order valence-electron chi connectivity index (χ2n) is 7.24. The monoisotopic (exact) mass is 480 g/mol. The van der Waals surface area contributed by atoms with Gasteiger partial charge in [-0.1, -0.05) is 35.6 Å². The number of hydrogen-bond donors (Lipinski definition) is 1. The van der Waals surface area contributed by atoms with Crippen LogP contribution in [0, 0.1) is 6.92 Å². The van der Waals surface area contributed by atoms with E-state index < -0.39 is 29.5 Å². The zero-order valence-electron chi connectivity index (χ0n) is 17.4. The number of hydrogen-bond acceptors (Lipinski definition) is 9. The minimum atomic E-state index is -0.922. The number of aliphatic hydroxyl groups excluding tert-OH is 1. The van der Waals surface area contributed by atoms with Gasteiger partial charge in [0.2, 0.25) is 5.78 Å². The van der Waals surface area contributed by atoms with E-state index in [1.165, 1.54) is 23.3 Å². The van der Waals surface area contributed by atoms with Crippen LogP contribution >= 0.6 is 22.7 Å². The normalized spacial score (nSPS) is 16.1. The van der Waals surface area contributed by atoms with Crippen LogP contribution in [-0.2, 0) is 9.53 Å². The molecular formula is C23H16N2O6S2. The van der Waals surface area contributed by atoms with E-state index in [2.05, 4.69) is 4.98 Å². The molecule has 8 nitrogen and oxygen atoms in total. The Morgan fingerprint density at radius 3 is 2.70 bits per heavy atom. The highest BCUT2D eigenvalue weighted by Gasteiger charge is 2.47. The number of fused-ring (bicyclic) bond motifs is 1. The van der Waals surface area contributed by atoms with Gasteiger partial charge >= 0.3 is 5.97 Å². The number of Topliss-reactive ketones (excluding diaryl/α,β-unsaturated/α-hetero) is 1. The van der Waals surface area contributed by atoms with Gasteiger partial charge in [-0.05, 0) is 30.5 Å². The molecule has 166 valence electrons. The molecule has 1 unspecified atom stereocenters. The Labute approximate surface area is 195 Å². The number of aromatic nitrogens is 1. The summed E-state index contributed by atoms with van der Waals surface area (Å²) in [6, 6.07) is 11.4. The number of benzene rings is 1. The van der Waals surface area contributed by atoms with Crippen LogP contribution in [0.3, 0.4) is 0 Å². The zero-order valence-corrected chi connectivity index (χ0v) is 19.0. The Balaban J connectivity index is 1.63. The van der Waals surface area contributed by atoms with Crippen molar-refractivity contribution in [2.24, 2.45) is 0 Å². The van der Waals surface area contributed by atoms with Crippen molar-refractivity contribution < 1.29 is 28.6 Å². The Bertz CT molecular complexity index is 1410. The summed E-state index contributed by atoms with van der Waals surface area (Å²) >= 11 is 2.29. The lowest BCUT2D eigenvalue weighted by Crippen LogP contribution is -2.30. The number of carbonyl (C=O) groups excluding carboxylic acids is 3. The highest BCUT2D eigenvalue weighted by Crippen LogP contribution is 2.45. The highest BCUT2D eigenvalue weighted by atomic mass is 32.1. The molecule has 1 aliphatic heterocycles. The second-order valence-corrected chi connectivity index (χ2v) is 9.19. The van der Waals surface area contributed by atoms with E-state index in [9.17, 15) is 19.5 Å². The zero-order chi connectivity index (χ0) is 23.3. The molecular weight excluding hydrogens is 464 g/mol. The quantitative estimate of drug-likeness (QED) is 0.322. The first kappa shape index (κ1) is 21.1. The summed E-state index contributed by atoms with van der Waals surface area (Å²) in [5.74, 6) is -2.62. The van der Waals surface area contributed by atoms with Gasteiger partial charge in [-0.25, -0.2) is 9.78 Å². The van der Waals surface area contributed by atoms with Crippen LogP contribution in [0.4, 0.5) is 5.13 Å². The highest BCUT2D eigenvalue weighted by molar-refractivity contribution is 7.17. The van der Waals surface area contributed by atoms with Gasteiger partial charge < -0.3 is 14.3 Å². The molecule has 10 heteroatoms. The summed E-state index contributed by atoms with van der Waals surface area (Å²) < 4.78 is 10.5. The molecule has 1 aromatic carbocycles. The number of esters is 1. The van der Waals surface area contributed by atoms with Gasteiger partial charge in [0.15, 0.2) is 16.7 Å². The molecule has 4 heterocycles. The summed E-state index contributed by atoms with van der Waals surface area (Å²) in [6.45, 7) is 1.63. The fraction of sp³-hybridized carbons (Fsp3) is 0.130. The fourth-order valence-corrected chi connectivity index (χ4v) is 5.58. The molecule has 4 aromatic rings. The molecule has 1 N–H and O–H groups in total. The molecule has 0 saturated carbocycles. The lowest BCUT2D eigenvalue weighted by molar-refractivity contribution is -0.117. The van der Waals surface area contributed by atoms with Crippen molar-refractivity contribution >= 4 is 56.4 Å². The van der Waals surface area contributed by atoms with E-state index in [0.717, 1.165) is 16.7 Å². The molecule has 33 heavy (non-hydrogen) atoms. The molecule has 5 rings (SSSR count). The summed E-state index contributed by atoms with van der Waals surface area (Å²) in [5.41, 5.74) is 0.804. The lowest BCUT2D eigenvalue weighted by Gasteiger charge is -2.22. The van der Waals surface area contributed by atoms with Crippen LogP contribution in [0.1, 0.15) is 36.8 Å². The summed E-state index contributed by atoms with van der Waals surface area (Å²) in [4.78, 5) is 45.3. The van der Waals surface area contributed by atoms with Gasteiger partial charge in [0.1, 0.15) is 16.5 Å². The number of thiazole rings is 1. The van der Waals surface area contributed by atoms with Gasteiger partial charge in [-0.2, -0.15) is 0 Å². The maximum Gasteiger partial charge on any atom is 0.350 e. The smallest absolute Gasteiger partial charge is 0.350 e. The maximum absolute atomic E-state index is 13.5. The molecule has 1 aliphatic rings. The van der Waals surface area contributed by atoms with Crippen molar-refractivity contribution in [1.82, 2.24) is 4.98 Å². The number of methoxy groups -OCH3 is 1. The van der Waals surface area contributed by atoms with Crippen LogP contribution in [0.25, 0.3) is 11.0 Å². The van der Waals surface area contributed by atoms with E-state index >= 15 is 0 Å². The molecule has 0 spiro atoms. The average molecular weight is 481 g/mol. The van der Waals surface area contributed by atoms with Crippen molar-refractivity contribution in [3.63, 3.8) is 0 Å². The number of ketones is 1. The summed E-state index contributed by atoms with van der Waals surface area (Å²) in [6.07, 6.45) is 0. The number of furan rings is 1. The molecule has 0 fully saturated rings. The van der Waals surface area contributed by atoms with E-state index in [0.29, 0.717) is 16.2 Å². The van der Waals surface area contributed by atoms with E-state index in [-0.39, 0.29) is 21.3 Å². The third-order valence-corrected chi connectivity index (χ3v) is 7.34. The number of ether oxygens (including phenoxy) is 1. The maximum atomic E-state index is 13.5. The number of para-hydroxylation sites is 1. The van der Waals surface area contributed by atoms with Gasteiger partial charge in [0, 0.05) is 10.3 Å². The van der Waals surface area contributed by atoms with Crippen molar-refractivity contribution in [2.45, 2.75) is 13.0 Å². The topological polar surface area (TPSA) is 110 Å². The standard InChI is InChI=1S/C23H16N2O6S2/c1-11-20(22(29)30-2)33-23(24-11)25-17(15-8-5-9-32-15)16(19(27)21(25)28)18(26)14-10-12-6-3-4-7-13(12)31-14/h3-10,17,27H,1-2H3. The van der Waals surface area contributed by atoms with Gasteiger partial charge in [-0.15, -0.1) is 11.3 Å². The third-order valence-electron chi connectivity index (χ3n) is 5.28. The Morgan fingerprint density at radius 2 is 2.00 bits per heavy atom. The predicted octanol–water partition coefficient (Wildman–Crippen LogP) is 4.83. The number of rotatable bonds is 5. The largest absolute Gasteiger partial charge is 0.503 e. The lowest BCUT2D eigenvalue weighted by atomic mass is 10.0. The van der Waals surface area contributed by atoms with E-state index in [1.807, 2.05) is 11.4 Å². The number of amides is 1. The van der Waals surface area contributed by atoms with Gasteiger partial charge in [-0.3, -0.25) is 14.5 Å².